The van der Waals surface area contributed by atoms with Crippen LogP contribution < -0.4 is 5.32 Å². The van der Waals surface area contributed by atoms with Gasteiger partial charge >= 0.3 is 8.56 Å². The highest BCUT2D eigenvalue weighted by Gasteiger charge is 2.31. The maximum absolute atomic E-state index is 6.00. The Balaban J connectivity index is 1.90. The Hall–Kier alpha value is -1.56. The zero-order valence-corrected chi connectivity index (χ0v) is 13.0. The molecule has 1 N–H and O–H groups in total. The molecular weight excluding hydrogens is 270 g/mol. The average molecular weight is 291 g/mol. The molecule has 0 amide bonds. The molecule has 2 rings (SSSR count). The minimum absolute atomic E-state index is 0.451. The van der Waals surface area contributed by atoms with Gasteiger partial charge in [0.25, 0.3) is 0 Å². The number of hydrogen-bond acceptors (Lipinski definition) is 4. The molecule has 0 radical (unpaired) electrons. The van der Waals surface area contributed by atoms with Gasteiger partial charge in [0.05, 0.1) is 19.0 Å². The second-order valence-corrected chi connectivity index (χ2v) is 7.85. The molecule has 0 bridgehead atoms. The van der Waals surface area contributed by atoms with Crippen LogP contribution in [-0.2, 0) is 15.5 Å². The quantitative estimate of drug-likeness (QED) is 0.755. The maximum atomic E-state index is 6.00. The Labute approximate surface area is 121 Å². The van der Waals surface area contributed by atoms with Crippen molar-refractivity contribution < 1.29 is 13.3 Å². The predicted octanol–water partition coefficient (Wildman–Crippen LogP) is 3.56. The second-order valence-electron chi connectivity index (χ2n) is 4.65. The summed E-state index contributed by atoms with van der Waals surface area (Å²) in [5, 5.41) is 3.38. The number of nitrogens with one attached hydrogen (secondary N) is 1. The van der Waals surface area contributed by atoms with Gasteiger partial charge in [-0.2, -0.15) is 0 Å². The molecule has 1 atom stereocenters. The van der Waals surface area contributed by atoms with Gasteiger partial charge in [-0.05, 0) is 37.7 Å². The van der Waals surface area contributed by atoms with Gasteiger partial charge in [0.2, 0.25) is 0 Å². The fourth-order valence-corrected chi connectivity index (χ4v) is 3.76. The van der Waals surface area contributed by atoms with E-state index in [1.54, 1.807) is 6.26 Å². The number of rotatable bonds is 8. The molecule has 20 heavy (non-hydrogen) atoms. The van der Waals surface area contributed by atoms with Crippen LogP contribution >= 0.6 is 0 Å². The first-order valence-corrected chi connectivity index (χ1v) is 9.33. The van der Waals surface area contributed by atoms with Gasteiger partial charge in [-0.3, -0.25) is 0 Å². The molecule has 0 saturated heterocycles. The number of para-hydroxylation sites is 1. The van der Waals surface area contributed by atoms with Crippen LogP contribution in [0.2, 0.25) is 6.55 Å². The van der Waals surface area contributed by atoms with Crippen molar-refractivity contribution in [3.63, 3.8) is 0 Å². The third kappa shape index (κ3) is 4.52. The van der Waals surface area contributed by atoms with Crippen LogP contribution in [0.25, 0.3) is 0 Å². The Kier molecular flexibility index (Phi) is 5.40. The topological polar surface area (TPSA) is 43.6 Å². The van der Waals surface area contributed by atoms with Crippen LogP contribution in [0.3, 0.4) is 0 Å². The summed E-state index contributed by atoms with van der Waals surface area (Å²) < 4.78 is 17.1. The van der Waals surface area contributed by atoms with E-state index >= 15 is 0 Å². The van der Waals surface area contributed by atoms with Crippen molar-refractivity contribution in [3.8, 4) is 0 Å². The molecule has 5 heteroatoms. The molecule has 1 heterocycles. The van der Waals surface area contributed by atoms with Crippen LogP contribution in [0.4, 0.5) is 5.69 Å². The number of hydrogen-bond donors (Lipinski definition) is 1. The summed E-state index contributed by atoms with van der Waals surface area (Å²) in [7, 11) is -2.26. The lowest BCUT2D eigenvalue weighted by Crippen LogP contribution is -2.46. The van der Waals surface area contributed by atoms with Crippen molar-refractivity contribution >= 4 is 14.2 Å². The highest BCUT2D eigenvalue weighted by molar-refractivity contribution is 6.66. The van der Waals surface area contributed by atoms with Crippen molar-refractivity contribution in [1.29, 1.82) is 0 Å². The Morgan fingerprint density at radius 2 is 1.90 bits per heavy atom. The normalized spacial score (nSPS) is 13.9. The first kappa shape index (κ1) is 14.8. The molecule has 0 aliphatic heterocycles. The molecule has 0 saturated carbocycles. The largest absolute Gasteiger partial charge is 0.467 e. The van der Waals surface area contributed by atoms with E-state index in [0.717, 1.165) is 11.4 Å². The van der Waals surface area contributed by atoms with Gasteiger partial charge < -0.3 is 18.6 Å². The average Bonchev–Trinajstić information content (AvgIpc) is 2.98. The SMILES string of the molecule is CCO[Si](C)(CNc1ccccc1)OCc1ccco1. The Morgan fingerprint density at radius 1 is 1.10 bits per heavy atom. The van der Waals surface area contributed by atoms with E-state index in [-0.39, 0.29) is 0 Å². The smallest absolute Gasteiger partial charge is 0.355 e. The fourth-order valence-electron chi connectivity index (χ4n) is 1.89. The standard InChI is InChI=1S/C15H21NO3Si/c1-3-18-20(2,19-12-15-10-7-11-17-15)13-16-14-8-5-4-6-9-14/h4-11,16H,3,12-13H2,1-2H3. The van der Waals surface area contributed by atoms with E-state index in [9.17, 15) is 0 Å². The molecule has 1 aromatic carbocycles. The molecule has 108 valence electrons. The van der Waals surface area contributed by atoms with Crippen molar-refractivity contribution in [2.75, 3.05) is 18.1 Å². The lowest BCUT2D eigenvalue weighted by Gasteiger charge is -2.26. The number of benzene rings is 1. The van der Waals surface area contributed by atoms with E-state index in [4.69, 9.17) is 13.3 Å². The van der Waals surface area contributed by atoms with Gasteiger partial charge in [0, 0.05) is 12.3 Å². The van der Waals surface area contributed by atoms with E-state index in [2.05, 4.69) is 11.9 Å². The van der Waals surface area contributed by atoms with Crippen LogP contribution in [0.1, 0.15) is 12.7 Å². The number of anilines is 1. The summed E-state index contributed by atoms with van der Waals surface area (Å²) in [5.74, 6) is 0.822. The van der Waals surface area contributed by atoms with Crippen molar-refractivity contribution in [1.82, 2.24) is 0 Å². The van der Waals surface area contributed by atoms with Crippen LogP contribution in [-0.4, -0.2) is 21.3 Å². The molecule has 1 aromatic heterocycles. The van der Waals surface area contributed by atoms with Gasteiger partial charge in [-0.1, -0.05) is 18.2 Å². The summed E-state index contributed by atoms with van der Waals surface area (Å²) in [4.78, 5) is 0. The maximum Gasteiger partial charge on any atom is 0.355 e. The molecule has 2 aromatic rings. The third-order valence-electron chi connectivity index (χ3n) is 2.94. The molecule has 0 aliphatic carbocycles. The lowest BCUT2D eigenvalue weighted by atomic mass is 10.3. The van der Waals surface area contributed by atoms with Crippen LogP contribution in [0.15, 0.2) is 53.1 Å². The molecule has 4 nitrogen and oxygen atoms in total. The van der Waals surface area contributed by atoms with E-state index in [0.29, 0.717) is 19.4 Å². The van der Waals surface area contributed by atoms with Crippen molar-refractivity contribution in [2.45, 2.75) is 20.1 Å². The van der Waals surface area contributed by atoms with E-state index in [1.807, 2.05) is 49.4 Å². The molecule has 0 spiro atoms. The molecular formula is C15H21NO3Si. The fraction of sp³-hybridized carbons (Fsp3) is 0.333. The zero-order valence-electron chi connectivity index (χ0n) is 12.0. The second kappa shape index (κ2) is 7.28. The number of furan rings is 1. The summed E-state index contributed by atoms with van der Waals surface area (Å²) in [6.45, 7) is 5.16. The third-order valence-corrected chi connectivity index (χ3v) is 5.41. The van der Waals surface area contributed by atoms with Gasteiger partial charge in [-0.15, -0.1) is 0 Å². The lowest BCUT2D eigenvalue weighted by molar-refractivity contribution is 0.163. The highest BCUT2D eigenvalue weighted by atomic mass is 28.4. The molecule has 0 aliphatic rings. The Bertz CT molecular complexity index is 489. The first-order chi connectivity index (χ1) is 9.72. The summed E-state index contributed by atoms with van der Waals surface area (Å²) in [5.41, 5.74) is 1.08. The molecule has 1 unspecified atom stereocenters. The first-order valence-electron chi connectivity index (χ1n) is 6.81. The minimum atomic E-state index is -2.26. The van der Waals surface area contributed by atoms with Gasteiger partial charge in [-0.25, -0.2) is 0 Å². The Morgan fingerprint density at radius 3 is 2.55 bits per heavy atom. The van der Waals surface area contributed by atoms with Gasteiger partial charge in [0.15, 0.2) is 0 Å². The van der Waals surface area contributed by atoms with E-state index in [1.165, 1.54) is 0 Å². The van der Waals surface area contributed by atoms with E-state index < -0.39 is 8.56 Å². The summed E-state index contributed by atoms with van der Waals surface area (Å²) in [6, 6.07) is 13.8. The van der Waals surface area contributed by atoms with Crippen LogP contribution in [0.5, 0.6) is 0 Å². The van der Waals surface area contributed by atoms with Crippen molar-refractivity contribution in [2.24, 2.45) is 0 Å². The summed E-state index contributed by atoms with van der Waals surface area (Å²) >= 11 is 0. The summed E-state index contributed by atoms with van der Waals surface area (Å²) in [6.07, 6.45) is 2.35. The minimum Gasteiger partial charge on any atom is -0.467 e. The molecule has 0 fully saturated rings. The van der Waals surface area contributed by atoms with Crippen molar-refractivity contribution in [3.05, 3.63) is 54.5 Å². The van der Waals surface area contributed by atoms with Gasteiger partial charge in [0.1, 0.15) is 5.76 Å². The predicted molar refractivity (Wildman–Crippen MR) is 81.7 cm³/mol. The monoisotopic (exact) mass is 291 g/mol. The zero-order chi connectivity index (χ0) is 14.3. The highest BCUT2D eigenvalue weighted by Crippen LogP contribution is 2.14. The van der Waals surface area contributed by atoms with Crippen LogP contribution in [0, 0.1) is 0 Å².